The van der Waals surface area contributed by atoms with Gasteiger partial charge in [-0.15, -0.1) is 11.3 Å². The van der Waals surface area contributed by atoms with E-state index in [0.717, 1.165) is 17.9 Å². The second kappa shape index (κ2) is 3.99. The molecule has 0 bridgehead atoms. The fraction of sp³-hybridized carbons (Fsp3) is 0.455. The van der Waals surface area contributed by atoms with Crippen LogP contribution in [0.1, 0.15) is 23.3 Å². The van der Waals surface area contributed by atoms with Crippen LogP contribution in [0.15, 0.2) is 17.9 Å². The smallest absolute Gasteiger partial charge is 0.198 e. The Kier molecular flexibility index (Phi) is 2.49. The van der Waals surface area contributed by atoms with Gasteiger partial charge in [0.05, 0.1) is 6.54 Å². The maximum Gasteiger partial charge on any atom is 0.198 e. The third-order valence-corrected chi connectivity index (χ3v) is 3.86. The summed E-state index contributed by atoms with van der Waals surface area (Å²) in [5.74, 6) is 0.145. The highest BCUT2D eigenvalue weighted by Gasteiger charge is 2.19. The Morgan fingerprint density at radius 1 is 1.44 bits per heavy atom. The Morgan fingerprint density at radius 2 is 2.25 bits per heavy atom. The maximum atomic E-state index is 12.1. The quantitative estimate of drug-likeness (QED) is 0.760. The van der Waals surface area contributed by atoms with Crippen molar-refractivity contribution < 1.29 is 4.79 Å². The summed E-state index contributed by atoms with van der Waals surface area (Å²) in [6.07, 6.45) is 6.07. The zero-order valence-electron chi connectivity index (χ0n) is 8.93. The molecule has 0 spiro atoms. The zero-order valence-corrected chi connectivity index (χ0v) is 9.74. The zero-order chi connectivity index (χ0) is 11.0. The van der Waals surface area contributed by atoms with Gasteiger partial charge in [-0.3, -0.25) is 14.1 Å². The van der Waals surface area contributed by atoms with Crippen LogP contribution in [0, 0.1) is 0 Å². The number of hydrogen-bond donors (Lipinski definition) is 0. The van der Waals surface area contributed by atoms with Crippen LogP contribution in [0.2, 0.25) is 0 Å². The van der Waals surface area contributed by atoms with Gasteiger partial charge in [0.25, 0.3) is 0 Å². The lowest BCUT2D eigenvalue weighted by atomic mass is 10.3. The van der Waals surface area contributed by atoms with Crippen molar-refractivity contribution in [1.82, 2.24) is 14.3 Å². The number of thiazole rings is 1. The van der Waals surface area contributed by atoms with Crippen molar-refractivity contribution >= 4 is 22.0 Å². The van der Waals surface area contributed by atoms with E-state index in [1.165, 1.54) is 12.8 Å². The predicted molar refractivity (Wildman–Crippen MR) is 63.1 cm³/mol. The molecule has 0 aromatic carbocycles. The fourth-order valence-electron chi connectivity index (χ4n) is 2.14. The fourth-order valence-corrected chi connectivity index (χ4v) is 2.97. The first-order valence-corrected chi connectivity index (χ1v) is 6.38. The molecule has 2 aromatic heterocycles. The Labute approximate surface area is 97.5 Å². The molecule has 0 saturated carbocycles. The molecule has 84 valence electrons. The number of ketones is 1. The van der Waals surface area contributed by atoms with Crippen molar-refractivity contribution in [2.75, 3.05) is 19.6 Å². The lowest BCUT2D eigenvalue weighted by Gasteiger charge is -2.11. The number of aromatic nitrogens is 2. The lowest BCUT2D eigenvalue weighted by Crippen LogP contribution is -2.27. The molecule has 0 radical (unpaired) electrons. The third kappa shape index (κ3) is 1.66. The summed E-state index contributed by atoms with van der Waals surface area (Å²) in [6.45, 7) is 2.62. The average Bonchev–Trinajstić information content (AvgIpc) is 2.92. The Hall–Kier alpha value is -1.20. The van der Waals surface area contributed by atoms with E-state index in [4.69, 9.17) is 0 Å². The summed E-state index contributed by atoms with van der Waals surface area (Å²) in [5, 5.41) is 1.98. The number of rotatable bonds is 3. The molecule has 3 rings (SSSR count). The van der Waals surface area contributed by atoms with Gasteiger partial charge in [0.2, 0.25) is 0 Å². The standard InChI is InChI=1S/C11H13N3OS/c15-9(7-13-3-1-2-4-13)10-11-14(8-12-10)5-6-16-11/h5-6,8H,1-4,7H2. The number of carbonyl (C=O) groups excluding carboxylic acids is 1. The van der Waals surface area contributed by atoms with E-state index in [1.54, 1.807) is 17.7 Å². The van der Waals surface area contributed by atoms with Gasteiger partial charge in [0, 0.05) is 11.6 Å². The van der Waals surface area contributed by atoms with Gasteiger partial charge in [0.1, 0.15) is 16.9 Å². The number of Topliss-reactive ketones (excluding diaryl/α,β-unsaturated/α-hetero) is 1. The van der Waals surface area contributed by atoms with Crippen LogP contribution in [0.25, 0.3) is 4.83 Å². The second-order valence-corrected chi connectivity index (χ2v) is 5.01. The molecule has 4 nitrogen and oxygen atoms in total. The maximum absolute atomic E-state index is 12.1. The van der Waals surface area contributed by atoms with E-state index in [9.17, 15) is 4.79 Å². The number of likely N-dealkylation sites (tertiary alicyclic amines) is 1. The normalized spacial score (nSPS) is 17.2. The van der Waals surface area contributed by atoms with Crippen LogP contribution in [0.5, 0.6) is 0 Å². The van der Waals surface area contributed by atoms with E-state index in [0.29, 0.717) is 12.2 Å². The molecule has 0 amide bonds. The first-order chi connectivity index (χ1) is 7.84. The van der Waals surface area contributed by atoms with E-state index >= 15 is 0 Å². The molecule has 0 unspecified atom stereocenters. The number of carbonyl (C=O) groups is 1. The topological polar surface area (TPSA) is 37.6 Å². The molecule has 0 atom stereocenters. The minimum Gasteiger partial charge on any atom is -0.296 e. The Bertz CT molecular complexity index is 510. The van der Waals surface area contributed by atoms with E-state index in [1.807, 2.05) is 16.0 Å². The van der Waals surface area contributed by atoms with Crippen LogP contribution in [-0.4, -0.2) is 39.7 Å². The largest absolute Gasteiger partial charge is 0.296 e. The molecular weight excluding hydrogens is 222 g/mol. The minimum atomic E-state index is 0.145. The van der Waals surface area contributed by atoms with Crippen molar-refractivity contribution in [2.45, 2.75) is 12.8 Å². The highest BCUT2D eigenvalue weighted by molar-refractivity contribution is 7.15. The molecule has 1 aliphatic rings. The highest BCUT2D eigenvalue weighted by Crippen LogP contribution is 2.17. The molecule has 0 aliphatic carbocycles. The number of imidazole rings is 1. The van der Waals surface area contributed by atoms with Crippen LogP contribution in [0.4, 0.5) is 0 Å². The molecule has 1 saturated heterocycles. The molecule has 3 heterocycles. The van der Waals surface area contributed by atoms with Crippen molar-refractivity contribution in [3.63, 3.8) is 0 Å². The molecule has 1 fully saturated rings. The van der Waals surface area contributed by atoms with Crippen molar-refractivity contribution in [1.29, 1.82) is 0 Å². The van der Waals surface area contributed by atoms with Crippen molar-refractivity contribution in [3.05, 3.63) is 23.6 Å². The van der Waals surface area contributed by atoms with Gasteiger partial charge < -0.3 is 0 Å². The summed E-state index contributed by atoms with van der Waals surface area (Å²) in [6, 6.07) is 0. The van der Waals surface area contributed by atoms with Gasteiger partial charge in [-0.05, 0) is 25.9 Å². The van der Waals surface area contributed by atoms with Crippen LogP contribution in [-0.2, 0) is 0 Å². The number of fused-ring (bicyclic) bond motifs is 1. The summed E-state index contributed by atoms with van der Waals surface area (Å²) < 4.78 is 1.90. The van der Waals surface area contributed by atoms with E-state index < -0.39 is 0 Å². The Balaban J connectivity index is 1.81. The molecule has 2 aromatic rings. The molecule has 5 heteroatoms. The first kappa shape index (κ1) is 9.99. The third-order valence-electron chi connectivity index (χ3n) is 2.98. The molecule has 16 heavy (non-hydrogen) atoms. The van der Waals surface area contributed by atoms with E-state index in [-0.39, 0.29) is 5.78 Å². The van der Waals surface area contributed by atoms with Crippen LogP contribution in [0.3, 0.4) is 0 Å². The molecular formula is C11H13N3OS. The summed E-state index contributed by atoms with van der Waals surface area (Å²) in [5.41, 5.74) is 0.627. The van der Waals surface area contributed by atoms with Crippen LogP contribution < -0.4 is 0 Å². The van der Waals surface area contributed by atoms with Crippen molar-refractivity contribution in [2.24, 2.45) is 0 Å². The monoisotopic (exact) mass is 235 g/mol. The highest BCUT2D eigenvalue weighted by atomic mass is 32.1. The Morgan fingerprint density at radius 3 is 3.06 bits per heavy atom. The summed E-state index contributed by atoms with van der Waals surface area (Å²) >= 11 is 1.57. The van der Waals surface area contributed by atoms with Crippen LogP contribution >= 0.6 is 11.3 Å². The van der Waals surface area contributed by atoms with Gasteiger partial charge in [-0.25, -0.2) is 4.98 Å². The number of nitrogens with zero attached hydrogens (tertiary/aromatic N) is 3. The van der Waals surface area contributed by atoms with Gasteiger partial charge in [-0.2, -0.15) is 0 Å². The van der Waals surface area contributed by atoms with Crippen molar-refractivity contribution in [3.8, 4) is 0 Å². The second-order valence-electron chi connectivity index (χ2n) is 4.12. The summed E-state index contributed by atoms with van der Waals surface area (Å²) in [7, 11) is 0. The van der Waals surface area contributed by atoms with E-state index in [2.05, 4.69) is 9.88 Å². The first-order valence-electron chi connectivity index (χ1n) is 5.50. The SMILES string of the molecule is O=C(CN1CCCC1)c1ncn2ccsc12. The number of hydrogen-bond acceptors (Lipinski definition) is 4. The minimum absolute atomic E-state index is 0.145. The van der Waals surface area contributed by atoms with Gasteiger partial charge in [0.15, 0.2) is 5.78 Å². The van der Waals surface area contributed by atoms with Gasteiger partial charge in [-0.1, -0.05) is 0 Å². The summed E-state index contributed by atoms with van der Waals surface area (Å²) in [4.78, 5) is 19.4. The molecule has 1 aliphatic heterocycles. The predicted octanol–water partition coefficient (Wildman–Crippen LogP) is 1.67. The van der Waals surface area contributed by atoms with Gasteiger partial charge >= 0.3 is 0 Å². The lowest BCUT2D eigenvalue weighted by molar-refractivity contribution is 0.0942. The molecule has 0 N–H and O–H groups in total. The average molecular weight is 235 g/mol.